The first-order valence-corrected chi connectivity index (χ1v) is 8.40. The fourth-order valence-electron chi connectivity index (χ4n) is 1.49. The van der Waals surface area contributed by atoms with Gasteiger partial charge in [0.2, 0.25) is 0 Å². The van der Waals surface area contributed by atoms with Gasteiger partial charge in [-0.2, -0.15) is 0 Å². The summed E-state index contributed by atoms with van der Waals surface area (Å²) < 4.78 is 65.8. The van der Waals surface area contributed by atoms with E-state index in [4.69, 9.17) is 5.11 Å². The highest BCUT2D eigenvalue weighted by Gasteiger charge is 2.24. The van der Waals surface area contributed by atoms with Gasteiger partial charge in [0, 0.05) is 17.0 Å². The van der Waals surface area contributed by atoms with Crippen LogP contribution in [0.4, 0.5) is 18.9 Å². The molecule has 0 saturated heterocycles. The predicted octanol–water partition coefficient (Wildman–Crippen LogP) is 3.22. The monoisotopic (exact) mass is 401 g/mol. The summed E-state index contributed by atoms with van der Waals surface area (Å²) in [5, 5.41) is 8.96. The molecule has 0 bridgehead atoms. The SMILES string of the molecule is O=S(=O)(Nc1c(F)cc(F)cc1F)c1cc(CO)sc1Br. The third-order valence-corrected chi connectivity index (χ3v) is 5.98. The molecule has 114 valence electrons. The molecule has 0 saturated carbocycles. The zero-order valence-corrected chi connectivity index (χ0v) is 13.3. The number of hydrogen-bond acceptors (Lipinski definition) is 4. The third-order valence-electron chi connectivity index (χ3n) is 2.40. The van der Waals surface area contributed by atoms with Crippen LogP contribution >= 0.6 is 27.3 Å². The molecule has 0 atom stereocenters. The Morgan fingerprint density at radius 3 is 2.24 bits per heavy atom. The normalized spacial score (nSPS) is 11.7. The van der Waals surface area contributed by atoms with E-state index in [1.807, 2.05) is 0 Å². The molecular formula is C11H7BrF3NO3S2. The summed E-state index contributed by atoms with van der Waals surface area (Å²) in [6.07, 6.45) is 0. The number of hydrogen-bond donors (Lipinski definition) is 2. The van der Waals surface area contributed by atoms with Crippen molar-refractivity contribution < 1.29 is 26.7 Å². The van der Waals surface area contributed by atoms with Gasteiger partial charge in [-0.05, 0) is 22.0 Å². The second-order valence-corrected chi connectivity index (χ2v) is 7.96. The number of nitrogens with one attached hydrogen (secondary N) is 1. The number of benzene rings is 1. The van der Waals surface area contributed by atoms with Crippen LogP contribution in [0.25, 0.3) is 0 Å². The number of sulfonamides is 1. The van der Waals surface area contributed by atoms with E-state index in [-0.39, 0.29) is 15.3 Å². The van der Waals surface area contributed by atoms with Crippen LogP contribution < -0.4 is 4.72 Å². The smallest absolute Gasteiger partial charge is 0.264 e. The van der Waals surface area contributed by atoms with Crippen LogP contribution in [-0.4, -0.2) is 13.5 Å². The van der Waals surface area contributed by atoms with Crippen LogP contribution in [0.2, 0.25) is 0 Å². The topological polar surface area (TPSA) is 66.4 Å². The van der Waals surface area contributed by atoms with Gasteiger partial charge in [0.1, 0.15) is 16.4 Å². The second kappa shape index (κ2) is 5.95. The Hall–Kier alpha value is -1.10. The fraction of sp³-hybridized carbons (Fsp3) is 0.0909. The van der Waals surface area contributed by atoms with Gasteiger partial charge in [-0.15, -0.1) is 11.3 Å². The number of aliphatic hydroxyl groups excluding tert-OH is 1. The van der Waals surface area contributed by atoms with Gasteiger partial charge in [-0.1, -0.05) is 0 Å². The fourth-order valence-corrected chi connectivity index (χ4v) is 5.11. The Morgan fingerprint density at radius 1 is 1.19 bits per heavy atom. The lowest BCUT2D eigenvalue weighted by Gasteiger charge is -2.09. The number of thiophene rings is 1. The van der Waals surface area contributed by atoms with E-state index in [0.29, 0.717) is 17.0 Å². The molecule has 2 aromatic rings. The van der Waals surface area contributed by atoms with E-state index in [1.165, 1.54) is 0 Å². The standard InChI is InChI=1S/C11H7BrF3NO3S2/c12-11-9(3-6(4-17)20-11)21(18,19)16-10-7(14)1-5(13)2-8(10)15/h1-3,16-17H,4H2. The van der Waals surface area contributed by atoms with E-state index in [2.05, 4.69) is 15.9 Å². The number of halogens is 4. The number of anilines is 1. The van der Waals surface area contributed by atoms with Gasteiger partial charge in [0.25, 0.3) is 10.0 Å². The van der Waals surface area contributed by atoms with Crippen LogP contribution in [0.15, 0.2) is 26.9 Å². The van der Waals surface area contributed by atoms with Crippen molar-refractivity contribution in [3.63, 3.8) is 0 Å². The van der Waals surface area contributed by atoms with Crippen LogP contribution in [0, 0.1) is 17.5 Å². The van der Waals surface area contributed by atoms with Crippen molar-refractivity contribution in [2.45, 2.75) is 11.5 Å². The molecule has 4 nitrogen and oxygen atoms in total. The largest absolute Gasteiger partial charge is 0.391 e. The lowest BCUT2D eigenvalue weighted by Crippen LogP contribution is -2.15. The summed E-state index contributed by atoms with van der Waals surface area (Å²) >= 11 is 3.96. The van der Waals surface area contributed by atoms with E-state index in [0.717, 1.165) is 17.4 Å². The molecule has 0 amide bonds. The summed E-state index contributed by atoms with van der Waals surface area (Å²) in [5.74, 6) is -3.90. The Balaban J connectivity index is 2.44. The molecule has 21 heavy (non-hydrogen) atoms. The van der Waals surface area contributed by atoms with Crippen molar-refractivity contribution in [1.29, 1.82) is 0 Å². The Labute approximate surface area is 130 Å². The summed E-state index contributed by atoms with van der Waals surface area (Å²) in [4.78, 5) is 0.0713. The molecule has 2 N–H and O–H groups in total. The third kappa shape index (κ3) is 3.39. The summed E-state index contributed by atoms with van der Waals surface area (Å²) in [7, 11) is -4.29. The molecule has 0 aliphatic carbocycles. The van der Waals surface area contributed by atoms with Crippen molar-refractivity contribution in [2.24, 2.45) is 0 Å². The van der Waals surface area contributed by atoms with Crippen molar-refractivity contribution >= 4 is 43.0 Å². The molecule has 0 unspecified atom stereocenters. The first kappa shape index (κ1) is 16.3. The highest BCUT2D eigenvalue weighted by atomic mass is 79.9. The van der Waals surface area contributed by atoms with Gasteiger partial charge < -0.3 is 5.11 Å². The van der Waals surface area contributed by atoms with Crippen LogP contribution in [0.1, 0.15) is 4.88 Å². The lowest BCUT2D eigenvalue weighted by molar-refractivity contribution is 0.285. The maximum Gasteiger partial charge on any atom is 0.264 e. The minimum Gasteiger partial charge on any atom is -0.391 e. The quantitative estimate of drug-likeness (QED) is 0.826. The van der Waals surface area contributed by atoms with E-state index >= 15 is 0 Å². The van der Waals surface area contributed by atoms with Crippen LogP contribution in [-0.2, 0) is 16.6 Å². The molecule has 1 aromatic heterocycles. The molecule has 0 aliphatic rings. The molecule has 0 spiro atoms. The maximum absolute atomic E-state index is 13.5. The van der Waals surface area contributed by atoms with Crippen LogP contribution in [0.5, 0.6) is 0 Å². The first-order valence-electron chi connectivity index (χ1n) is 5.31. The van der Waals surface area contributed by atoms with Gasteiger partial charge in [0.15, 0.2) is 11.6 Å². The van der Waals surface area contributed by atoms with Gasteiger partial charge in [-0.25, -0.2) is 21.6 Å². The first-order chi connectivity index (χ1) is 9.74. The molecule has 0 aliphatic heterocycles. The minimum atomic E-state index is -4.29. The van der Waals surface area contributed by atoms with E-state index < -0.39 is 33.2 Å². The molecule has 2 rings (SSSR count). The second-order valence-electron chi connectivity index (χ2n) is 3.86. The Bertz CT molecular complexity index is 769. The molecule has 0 fully saturated rings. The minimum absolute atomic E-state index is 0.168. The average molecular weight is 402 g/mol. The van der Waals surface area contributed by atoms with Gasteiger partial charge in [-0.3, -0.25) is 4.72 Å². The van der Waals surface area contributed by atoms with E-state index in [1.54, 1.807) is 4.72 Å². The molecule has 0 radical (unpaired) electrons. The predicted molar refractivity (Wildman–Crippen MR) is 75.1 cm³/mol. The highest BCUT2D eigenvalue weighted by Crippen LogP contribution is 2.33. The molecular weight excluding hydrogens is 395 g/mol. The highest BCUT2D eigenvalue weighted by molar-refractivity contribution is 9.11. The number of rotatable bonds is 4. The van der Waals surface area contributed by atoms with Gasteiger partial charge in [0.05, 0.1) is 10.4 Å². The van der Waals surface area contributed by atoms with Gasteiger partial charge >= 0.3 is 0 Å². The lowest BCUT2D eigenvalue weighted by atomic mass is 10.3. The zero-order valence-electron chi connectivity index (χ0n) is 10.0. The summed E-state index contributed by atoms with van der Waals surface area (Å²) in [6.45, 7) is -0.377. The van der Waals surface area contributed by atoms with E-state index in [9.17, 15) is 21.6 Å². The van der Waals surface area contributed by atoms with Crippen molar-refractivity contribution in [3.8, 4) is 0 Å². The summed E-state index contributed by atoms with van der Waals surface area (Å²) in [6, 6.07) is 1.89. The molecule has 1 heterocycles. The molecule has 1 aromatic carbocycles. The Morgan fingerprint density at radius 2 is 1.76 bits per heavy atom. The van der Waals surface area contributed by atoms with Crippen LogP contribution in [0.3, 0.4) is 0 Å². The van der Waals surface area contributed by atoms with Crippen molar-refractivity contribution in [1.82, 2.24) is 0 Å². The molecule has 10 heteroatoms. The van der Waals surface area contributed by atoms with Crippen molar-refractivity contribution in [3.05, 3.63) is 44.3 Å². The average Bonchev–Trinajstić information content (AvgIpc) is 2.76. The number of aliphatic hydroxyl groups is 1. The van der Waals surface area contributed by atoms with Crippen molar-refractivity contribution in [2.75, 3.05) is 4.72 Å². The maximum atomic E-state index is 13.5. The summed E-state index contributed by atoms with van der Waals surface area (Å²) in [5.41, 5.74) is -0.972. The Kier molecular flexibility index (Phi) is 4.61. The zero-order chi connectivity index (χ0) is 15.8.